The highest BCUT2D eigenvalue weighted by atomic mass is 35.5. The third kappa shape index (κ3) is 5.46. The lowest BCUT2D eigenvalue weighted by atomic mass is 10.0. The highest BCUT2D eigenvalue weighted by Gasteiger charge is 2.00. The van der Waals surface area contributed by atoms with Gasteiger partial charge in [0.1, 0.15) is 5.82 Å². The average molecular weight is 377 g/mol. The van der Waals surface area contributed by atoms with E-state index in [0.29, 0.717) is 5.56 Å². The normalized spacial score (nSPS) is 10.3. The Balaban J connectivity index is 1.68. The van der Waals surface area contributed by atoms with Crippen LogP contribution < -0.4 is 0 Å². The van der Waals surface area contributed by atoms with Crippen LogP contribution in [0.2, 0.25) is 5.02 Å². The van der Waals surface area contributed by atoms with E-state index in [1.165, 1.54) is 42.5 Å². The molecule has 0 heterocycles. The predicted octanol–water partition coefficient (Wildman–Crippen LogP) is 7.28. The van der Waals surface area contributed by atoms with Gasteiger partial charge in [-0.2, -0.15) is 0 Å². The standard InChI is InChI=1S/C25H22ClF/c1-2-3-4-5-19-8-13-22(14-9-19)23-15-10-20(11-16-23)6-7-21-12-17-24(26)25(27)18-21/h8-18H,2-5H2,1H3. The van der Waals surface area contributed by atoms with E-state index in [0.717, 1.165) is 17.5 Å². The van der Waals surface area contributed by atoms with Gasteiger partial charge >= 0.3 is 0 Å². The van der Waals surface area contributed by atoms with Gasteiger partial charge in [-0.15, -0.1) is 0 Å². The molecule has 27 heavy (non-hydrogen) atoms. The first-order valence-corrected chi connectivity index (χ1v) is 9.70. The number of hydrogen-bond donors (Lipinski definition) is 0. The van der Waals surface area contributed by atoms with Crippen LogP contribution in [-0.4, -0.2) is 0 Å². The van der Waals surface area contributed by atoms with Gasteiger partial charge in [0.05, 0.1) is 5.02 Å². The van der Waals surface area contributed by atoms with E-state index in [1.807, 2.05) is 12.1 Å². The molecule has 2 heteroatoms. The Kier molecular flexibility index (Phi) is 6.69. The maximum atomic E-state index is 13.5. The van der Waals surface area contributed by atoms with Crippen LogP contribution in [-0.2, 0) is 6.42 Å². The summed E-state index contributed by atoms with van der Waals surface area (Å²) in [6, 6.07) is 21.5. The van der Waals surface area contributed by atoms with Crippen LogP contribution in [0.1, 0.15) is 42.9 Å². The summed E-state index contributed by atoms with van der Waals surface area (Å²) >= 11 is 5.69. The Morgan fingerprint density at radius 3 is 2.00 bits per heavy atom. The summed E-state index contributed by atoms with van der Waals surface area (Å²) in [6.45, 7) is 2.23. The third-order valence-electron chi connectivity index (χ3n) is 4.51. The molecule has 136 valence electrons. The lowest BCUT2D eigenvalue weighted by Crippen LogP contribution is -1.86. The van der Waals surface area contributed by atoms with Gasteiger partial charge < -0.3 is 0 Å². The van der Waals surface area contributed by atoms with E-state index in [1.54, 1.807) is 6.07 Å². The molecule has 0 aliphatic heterocycles. The first kappa shape index (κ1) is 19.2. The smallest absolute Gasteiger partial charge is 0.143 e. The van der Waals surface area contributed by atoms with E-state index in [2.05, 4.69) is 55.2 Å². The van der Waals surface area contributed by atoms with Crippen molar-refractivity contribution >= 4 is 11.6 Å². The summed E-state index contributed by atoms with van der Waals surface area (Å²) in [5, 5.41) is 0.112. The van der Waals surface area contributed by atoms with Crippen LogP contribution in [0.3, 0.4) is 0 Å². The highest BCUT2D eigenvalue weighted by molar-refractivity contribution is 6.30. The van der Waals surface area contributed by atoms with Crippen LogP contribution in [0.25, 0.3) is 11.1 Å². The van der Waals surface area contributed by atoms with Gasteiger partial charge in [0.2, 0.25) is 0 Å². The summed E-state index contributed by atoms with van der Waals surface area (Å²) in [5.74, 6) is 5.59. The number of rotatable bonds is 5. The maximum Gasteiger partial charge on any atom is 0.143 e. The predicted molar refractivity (Wildman–Crippen MR) is 112 cm³/mol. The van der Waals surface area contributed by atoms with Gasteiger partial charge in [0.25, 0.3) is 0 Å². The largest absolute Gasteiger partial charge is 0.205 e. The number of halogens is 2. The fourth-order valence-corrected chi connectivity index (χ4v) is 3.02. The lowest BCUT2D eigenvalue weighted by Gasteiger charge is -2.05. The number of hydrogen-bond acceptors (Lipinski definition) is 0. The van der Waals surface area contributed by atoms with E-state index in [9.17, 15) is 4.39 Å². The van der Waals surface area contributed by atoms with E-state index in [4.69, 9.17) is 11.6 Å². The number of benzene rings is 3. The molecule has 3 rings (SSSR count). The summed E-state index contributed by atoms with van der Waals surface area (Å²) in [7, 11) is 0. The Labute approximate surface area is 166 Å². The van der Waals surface area contributed by atoms with Crippen LogP contribution in [0, 0.1) is 17.7 Å². The molecule has 3 aromatic carbocycles. The van der Waals surface area contributed by atoms with Crippen molar-refractivity contribution < 1.29 is 4.39 Å². The molecule has 0 saturated heterocycles. The van der Waals surface area contributed by atoms with Crippen LogP contribution in [0.15, 0.2) is 66.7 Å². The van der Waals surface area contributed by atoms with E-state index >= 15 is 0 Å². The van der Waals surface area contributed by atoms with E-state index in [-0.39, 0.29) is 5.02 Å². The Bertz CT molecular complexity index is 944. The number of aryl methyl sites for hydroxylation is 1. The monoisotopic (exact) mass is 376 g/mol. The summed E-state index contributed by atoms with van der Waals surface area (Å²) < 4.78 is 13.5. The van der Waals surface area contributed by atoms with Gasteiger partial charge in [-0.3, -0.25) is 0 Å². The molecule has 0 nitrogen and oxygen atoms in total. The fraction of sp³-hybridized carbons (Fsp3) is 0.200. The zero-order valence-electron chi connectivity index (χ0n) is 15.4. The van der Waals surface area contributed by atoms with Crippen molar-refractivity contribution in [1.82, 2.24) is 0 Å². The van der Waals surface area contributed by atoms with Crippen LogP contribution >= 0.6 is 11.6 Å². The van der Waals surface area contributed by atoms with Crippen molar-refractivity contribution in [3.8, 4) is 23.0 Å². The van der Waals surface area contributed by atoms with Crippen molar-refractivity contribution in [2.45, 2.75) is 32.6 Å². The highest BCUT2D eigenvalue weighted by Crippen LogP contribution is 2.21. The molecule has 0 atom stereocenters. The summed E-state index contributed by atoms with van der Waals surface area (Å²) in [4.78, 5) is 0. The minimum absolute atomic E-state index is 0.112. The van der Waals surface area contributed by atoms with Gasteiger partial charge in [-0.25, -0.2) is 4.39 Å². The first-order chi connectivity index (χ1) is 13.2. The van der Waals surface area contributed by atoms with Crippen LogP contribution in [0.4, 0.5) is 4.39 Å². The van der Waals surface area contributed by atoms with Crippen molar-refractivity contribution in [3.05, 3.63) is 94.3 Å². The van der Waals surface area contributed by atoms with Crippen molar-refractivity contribution in [2.75, 3.05) is 0 Å². The molecule has 0 spiro atoms. The van der Waals surface area contributed by atoms with Crippen molar-refractivity contribution in [3.63, 3.8) is 0 Å². The molecule has 0 aliphatic rings. The van der Waals surface area contributed by atoms with Gasteiger partial charge in [0, 0.05) is 11.1 Å². The second-order valence-electron chi connectivity index (χ2n) is 6.61. The Morgan fingerprint density at radius 2 is 1.37 bits per heavy atom. The molecule has 0 fully saturated rings. The zero-order valence-corrected chi connectivity index (χ0v) is 16.2. The van der Waals surface area contributed by atoms with Crippen LogP contribution in [0.5, 0.6) is 0 Å². The molecular formula is C25H22ClF. The second-order valence-corrected chi connectivity index (χ2v) is 7.02. The molecule has 0 bridgehead atoms. The van der Waals surface area contributed by atoms with Gasteiger partial charge in [-0.1, -0.05) is 79.6 Å². The van der Waals surface area contributed by atoms with Gasteiger partial charge in [-0.05, 0) is 59.9 Å². The molecular weight excluding hydrogens is 355 g/mol. The lowest BCUT2D eigenvalue weighted by molar-refractivity contribution is 0.628. The zero-order chi connectivity index (χ0) is 19.1. The Morgan fingerprint density at radius 1 is 0.778 bits per heavy atom. The SMILES string of the molecule is CCCCCc1ccc(-c2ccc(C#Cc3ccc(Cl)c(F)c3)cc2)cc1. The molecule has 0 aliphatic carbocycles. The molecule has 0 unspecified atom stereocenters. The minimum atomic E-state index is -0.447. The molecule has 0 radical (unpaired) electrons. The molecule has 0 N–H and O–H groups in total. The first-order valence-electron chi connectivity index (χ1n) is 9.32. The topological polar surface area (TPSA) is 0 Å². The summed E-state index contributed by atoms with van der Waals surface area (Å²) in [6.07, 6.45) is 4.93. The van der Waals surface area contributed by atoms with Crippen molar-refractivity contribution in [2.24, 2.45) is 0 Å². The third-order valence-corrected chi connectivity index (χ3v) is 4.82. The van der Waals surface area contributed by atoms with Gasteiger partial charge in [0.15, 0.2) is 0 Å². The quantitative estimate of drug-likeness (QED) is 0.324. The molecule has 0 aromatic heterocycles. The van der Waals surface area contributed by atoms with E-state index < -0.39 is 5.82 Å². The number of unbranched alkanes of at least 4 members (excludes halogenated alkanes) is 2. The minimum Gasteiger partial charge on any atom is -0.205 e. The van der Waals surface area contributed by atoms with Crippen molar-refractivity contribution in [1.29, 1.82) is 0 Å². The Hall–Kier alpha value is -2.56. The molecule has 3 aromatic rings. The average Bonchev–Trinajstić information content (AvgIpc) is 2.70. The molecule has 0 amide bonds. The second kappa shape index (κ2) is 9.40. The maximum absolute atomic E-state index is 13.5. The molecule has 0 saturated carbocycles. The fourth-order valence-electron chi connectivity index (χ4n) is 2.91. The summed E-state index contributed by atoms with van der Waals surface area (Å²) in [5.41, 5.74) is 5.27.